The number of ether oxygens (including phenoxy) is 4. The molecule has 7 N–H and O–H groups in total. The molecule has 2 unspecified atom stereocenters. The second kappa shape index (κ2) is 16.7. The van der Waals surface area contributed by atoms with Crippen LogP contribution >= 0.6 is 0 Å². The first kappa shape index (κ1) is 42.7. The van der Waals surface area contributed by atoms with Gasteiger partial charge in [-0.2, -0.15) is 0 Å². The number of benzene rings is 5. The lowest BCUT2D eigenvalue weighted by atomic mass is 10.0. The molecule has 5 aromatic carbocycles. The third-order valence-corrected chi connectivity index (χ3v) is 11.3. The minimum Gasteiger partial charge on any atom is -0.493 e. The zero-order valence-electron chi connectivity index (χ0n) is 35.0. The lowest BCUT2D eigenvalue weighted by Gasteiger charge is -2.29. The molecule has 3 aliphatic rings. The minimum absolute atomic E-state index is 0.0343. The molecule has 8 rings (SSSR count). The van der Waals surface area contributed by atoms with Gasteiger partial charge < -0.3 is 60.2 Å². The number of methoxy groups -OCH3 is 2. The van der Waals surface area contributed by atoms with Crippen molar-refractivity contribution in [3.63, 3.8) is 0 Å². The van der Waals surface area contributed by atoms with Crippen molar-refractivity contribution >= 4 is 52.4 Å². The highest BCUT2D eigenvalue weighted by Gasteiger charge is 2.40. The van der Waals surface area contributed by atoms with Gasteiger partial charge in [0.2, 0.25) is 5.91 Å². The second-order valence-corrected chi connectivity index (χ2v) is 15.2. The van der Waals surface area contributed by atoms with E-state index in [1.165, 1.54) is 38.5 Å². The van der Waals surface area contributed by atoms with Crippen LogP contribution in [-0.2, 0) is 29.6 Å². The van der Waals surface area contributed by atoms with Crippen LogP contribution < -0.4 is 44.7 Å². The summed E-state index contributed by atoms with van der Waals surface area (Å²) < 4.78 is 22.7. The standard InChI is InChI=1S/C46H46N6O11/c1-25(47-2)42(53)50-30-18-28(45(56,57)62-40-22-34(48-3)32(20-38(40)60-4)43(54)51-15-14-26-10-6-8-12-36(26)51)17-29(19-30)46(58,59)63-41-23-35-33(21-39(41)61-5)44(55)52-31(24-49-35)16-27-11-7-9-13-37(27)52/h6-13,17-25,31,47-48,56-59H,14-16H2,1-5H3,(H,50,53). The van der Waals surface area contributed by atoms with Crippen molar-refractivity contribution < 1.29 is 53.8 Å². The summed E-state index contributed by atoms with van der Waals surface area (Å²) >= 11 is 0. The summed E-state index contributed by atoms with van der Waals surface area (Å²) in [4.78, 5) is 48.8. The Morgan fingerprint density at radius 1 is 0.794 bits per heavy atom. The van der Waals surface area contributed by atoms with Gasteiger partial charge in [-0.25, -0.2) is 0 Å². The van der Waals surface area contributed by atoms with E-state index in [1.807, 2.05) is 48.5 Å². The number of aliphatic imine (C=N–C) groups is 1. The molecule has 0 fully saturated rings. The Bertz CT molecular complexity index is 2670. The van der Waals surface area contributed by atoms with E-state index in [-0.39, 0.29) is 69.0 Å². The van der Waals surface area contributed by atoms with Gasteiger partial charge in [0.1, 0.15) is 0 Å². The van der Waals surface area contributed by atoms with Crippen molar-refractivity contribution in [1.29, 1.82) is 0 Å². The molecule has 0 saturated heterocycles. The molecule has 3 amide bonds. The number of carbonyl (C=O) groups is 3. The fourth-order valence-corrected chi connectivity index (χ4v) is 7.92. The predicted molar refractivity (Wildman–Crippen MR) is 233 cm³/mol. The Hall–Kier alpha value is -7.02. The summed E-state index contributed by atoms with van der Waals surface area (Å²) in [5.41, 5.74) is 3.33. The maximum Gasteiger partial charge on any atom is 0.351 e. The molecule has 3 aliphatic heterocycles. The van der Waals surface area contributed by atoms with Crippen molar-refractivity contribution in [1.82, 2.24) is 5.32 Å². The van der Waals surface area contributed by atoms with Gasteiger partial charge >= 0.3 is 11.9 Å². The molecule has 326 valence electrons. The number of hydrogen-bond acceptors (Lipinski definition) is 14. The van der Waals surface area contributed by atoms with E-state index in [1.54, 1.807) is 37.0 Å². The maximum absolute atomic E-state index is 14.0. The quantitative estimate of drug-likeness (QED) is 0.0829. The highest BCUT2D eigenvalue weighted by atomic mass is 16.8. The first-order valence-electron chi connectivity index (χ1n) is 20.0. The van der Waals surface area contributed by atoms with Crippen LogP contribution in [0.2, 0.25) is 0 Å². The summed E-state index contributed by atoms with van der Waals surface area (Å²) in [5, 5.41) is 55.0. The molecule has 17 heteroatoms. The van der Waals surface area contributed by atoms with E-state index in [0.717, 1.165) is 40.7 Å². The van der Waals surface area contributed by atoms with Crippen LogP contribution in [0.15, 0.2) is 96.0 Å². The van der Waals surface area contributed by atoms with Gasteiger partial charge in [-0.1, -0.05) is 36.4 Å². The Morgan fingerprint density at radius 2 is 1.41 bits per heavy atom. The molecule has 0 spiro atoms. The first-order valence-corrected chi connectivity index (χ1v) is 20.0. The van der Waals surface area contributed by atoms with Crippen molar-refractivity contribution in [2.75, 3.05) is 55.3 Å². The van der Waals surface area contributed by atoms with Crippen LogP contribution in [0.25, 0.3) is 0 Å². The predicted octanol–water partition coefficient (Wildman–Crippen LogP) is 4.13. The van der Waals surface area contributed by atoms with Crippen LogP contribution in [0.3, 0.4) is 0 Å². The van der Waals surface area contributed by atoms with Gasteiger partial charge in [-0.05, 0) is 74.0 Å². The number of rotatable bonds is 13. The molecule has 5 aromatic rings. The third-order valence-electron chi connectivity index (χ3n) is 11.3. The molecule has 3 heterocycles. The molecule has 0 bridgehead atoms. The third kappa shape index (κ3) is 7.99. The fraction of sp³-hybridized carbons (Fsp3) is 0.261. The average molecular weight is 859 g/mol. The zero-order chi connectivity index (χ0) is 44.8. The van der Waals surface area contributed by atoms with E-state index >= 15 is 0 Å². The zero-order valence-corrected chi connectivity index (χ0v) is 35.0. The van der Waals surface area contributed by atoms with Crippen molar-refractivity contribution in [3.8, 4) is 23.0 Å². The minimum atomic E-state index is -3.26. The summed E-state index contributed by atoms with van der Waals surface area (Å²) in [6.45, 7) is 2.05. The van der Waals surface area contributed by atoms with E-state index in [9.17, 15) is 34.8 Å². The van der Waals surface area contributed by atoms with Crippen molar-refractivity contribution in [2.45, 2.75) is 43.8 Å². The van der Waals surface area contributed by atoms with Gasteiger partial charge in [-0.15, -0.1) is 0 Å². The number of fused-ring (bicyclic) bond motifs is 5. The number of anilines is 4. The molecule has 2 atom stereocenters. The number of carbonyl (C=O) groups excluding carboxylic acids is 3. The number of nitrogens with zero attached hydrogens (tertiary/aromatic N) is 3. The number of hydrogen-bond donors (Lipinski definition) is 7. The number of para-hydroxylation sites is 2. The molecular formula is C46H46N6O11. The van der Waals surface area contributed by atoms with Crippen LogP contribution in [0.4, 0.5) is 28.4 Å². The second-order valence-electron chi connectivity index (χ2n) is 15.2. The van der Waals surface area contributed by atoms with Gasteiger partial charge in [0, 0.05) is 55.4 Å². The molecule has 0 aromatic heterocycles. The van der Waals surface area contributed by atoms with E-state index in [4.69, 9.17) is 18.9 Å². The van der Waals surface area contributed by atoms with Crippen LogP contribution in [0, 0.1) is 0 Å². The summed E-state index contributed by atoms with van der Waals surface area (Å²) in [6.07, 6.45) is 2.88. The normalized spacial score (nSPS) is 15.7. The van der Waals surface area contributed by atoms with Gasteiger partial charge in [0.15, 0.2) is 23.0 Å². The maximum atomic E-state index is 14.0. The summed E-state index contributed by atoms with van der Waals surface area (Å²) in [6, 6.07) is 22.9. The molecule has 0 aliphatic carbocycles. The highest BCUT2D eigenvalue weighted by Crippen LogP contribution is 2.44. The molecule has 0 radical (unpaired) electrons. The van der Waals surface area contributed by atoms with Crippen molar-refractivity contribution in [2.24, 2.45) is 4.99 Å². The van der Waals surface area contributed by atoms with Crippen LogP contribution in [0.5, 0.6) is 23.0 Å². The lowest BCUT2D eigenvalue weighted by molar-refractivity contribution is -0.308. The van der Waals surface area contributed by atoms with Gasteiger partial charge in [0.05, 0.1) is 59.9 Å². The average Bonchev–Trinajstić information content (AvgIpc) is 3.85. The number of likely N-dealkylation sites (N-methyl/N-ethyl adjacent to an activating group) is 1. The Morgan fingerprint density at radius 3 is 2.06 bits per heavy atom. The molecule has 0 saturated carbocycles. The lowest BCUT2D eigenvalue weighted by Crippen LogP contribution is -2.38. The number of aliphatic hydroxyl groups is 4. The van der Waals surface area contributed by atoms with Gasteiger partial charge in [0.25, 0.3) is 11.8 Å². The molecule has 63 heavy (non-hydrogen) atoms. The van der Waals surface area contributed by atoms with Crippen molar-refractivity contribution in [3.05, 3.63) is 124 Å². The first-order chi connectivity index (χ1) is 30.2. The van der Waals surface area contributed by atoms with Crippen LogP contribution in [-0.4, -0.2) is 91.3 Å². The number of amides is 3. The SMILES string of the molecule is CNc1cc(OC(O)(O)c2cc(NC(=O)C(C)NC)cc(C(O)(O)Oc3cc4c(cc3OC)C(=O)N3c5ccccc5CC3C=N4)c2)c(OC)cc1C(=O)N1CCc2ccccc21. The topological polar surface area (TPSA) is 224 Å². The fourth-order valence-electron chi connectivity index (χ4n) is 7.92. The Labute approximate surface area is 362 Å². The molecular weight excluding hydrogens is 813 g/mol. The Kier molecular flexibility index (Phi) is 11.3. The smallest absolute Gasteiger partial charge is 0.351 e. The Balaban J connectivity index is 1.13. The van der Waals surface area contributed by atoms with E-state index in [2.05, 4.69) is 20.9 Å². The monoisotopic (exact) mass is 858 g/mol. The summed E-state index contributed by atoms with van der Waals surface area (Å²) in [7, 11) is 5.78. The van der Waals surface area contributed by atoms with E-state index in [0.29, 0.717) is 19.4 Å². The largest absolute Gasteiger partial charge is 0.493 e. The highest BCUT2D eigenvalue weighted by molar-refractivity contribution is 6.15. The molecule has 17 nitrogen and oxygen atoms in total. The van der Waals surface area contributed by atoms with Crippen LogP contribution in [0.1, 0.15) is 49.9 Å². The van der Waals surface area contributed by atoms with E-state index < -0.39 is 35.0 Å². The number of nitrogens with one attached hydrogen (secondary N) is 3. The van der Waals surface area contributed by atoms with Gasteiger partial charge in [-0.3, -0.25) is 24.3 Å². The summed E-state index contributed by atoms with van der Waals surface area (Å²) in [5.74, 6) is -8.26.